The zero-order chi connectivity index (χ0) is 21.4. The van der Waals surface area contributed by atoms with E-state index in [-0.39, 0.29) is 11.5 Å². The SMILES string of the molecule is COc1cc(=O)n2c(c1C(=O)N1CCCC1)CCN(Cc1cc3ccccc3[nH]1)CC2. The van der Waals surface area contributed by atoms with Crippen LogP contribution in [0.15, 0.2) is 41.2 Å². The van der Waals surface area contributed by atoms with Gasteiger partial charge in [0.2, 0.25) is 0 Å². The largest absolute Gasteiger partial charge is 0.496 e. The maximum absolute atomic E-state index is 13.3. The molecule has 1 fully saturated rings. The topological polar surface area (TPSA) is 70.6 Å². The number of hydrogen-bond donors (Lipinski definition) is 1. The molecule has 1 saturated heterocycles. The predicted octanol–water partition coefficient (Wildman–Crippen LogP) is 2.63. The van der Waals surface area contributed by atoms with E-state index in [4.69, 9.17) is 4.74 Å². The Hall–Kier alpha value is -3.06. The quantitative estimate of drug-likeness (QED) is 0.705. The molecule has 4 heterocycles. The minimum Gasteiger partial charge on any atom is -0.496 e. The molecule has 2 aromatic heterocycles. The van der Waals surface area contributed by atoms with Gasteiger partial charge >= 0.3 is 0 Å². The molecule has 0 saturated carbocycles. The first kappa shape index (κ1) is 19.9. The van der Waals surface area contributed by atoms with Crippen LogP contribution in [0, 0.1) is 0 Å². The Balaban J connectivity index is 1.43. The van der Waals surface area contributed by atoms with Crippen molar-refractivity contribution in [2.45, 2.75) is 32.4 Å². The maximum Gasteiger partial charge on any atom is 0.259 e. The molecule has 0 bridgehead atoms. The predicted molar refractivity (Wildman–Crippen MR) is 120 cm³/mol. The molecule has 1 N–H and O–H groups in total. The number of aromatic nitrogens is 2. The summed E-state index contributed by atoms with van der Waals surface area (Å²) in [6.45, 7) is 4.43. The van der Waals surface area contributed by atoms with Crippen LogP contribution in [0.3, 0.4) is 0 Å². The molecule has 0 aliphatic carbocycles. The second kappa shape index (κ2) is 8.23. The van der Waals surface area contributed by atoms with E-state index >= 15 is 0 Å². The van der Waals surface area contributed by atoms with Crippen LogP contribution in [0.25, 0.3) is 10.9 Å². The number of carbonyl (C=O) groups excluding carboxylic acids is 1. The van der Waals surface area contributed by atoms with E-state index < -0.39 is 0 Å². The molecule has 0 atom stereocenters. The highest BCUT2D eigenvalue weighted by Gasteiger charge is 2.29. The molecule has 3 aromatic rings. The molecule has 0 unspecified atom stereocenters. The van der Waals surface area contributed by atoms with Crippen LogP contribution >= 0.6 is 0 Å². The molecule has 2 aliphatic heterocycles. The van der Waals surface area contributed by atoms with Crippen LogP contribution in [0.1, 0.15) is 34.6 Å². The van der Waals surface area contributed by atoms with Crippen molar-refractivity contribution in [1.82, 2.24) is 19.4 Å². The van der Waals surface area contributed by atoms with E-state index in [2.05, 4.69) is 28.1 Å². The van der Waals surface area contributed by atoms with Gasteiger partial charge in [-0.05, 0) is 30.4 Å². The zero-order valence-electron chi connectivity index (χ0n) is 17.9. The van der Waals surface area contributed by atoms with Crippen molar-refractivity contribution >= 4 is 16.8 Å². The number of hydrogen-bond acceptors (Lipinski definition) is 4. The Morgan fingerprint density at radius 3 is 2.65 bits per heavy atom. The maximum atomic E-state index is 13.3. The number of likely N-dealkylation sites (tertiary alicyclic amines) is 1. The molecule has 0 radical (unpaired) electrons. The van der Waals surface area contributed by atoms with Gasteiger partial charge in [-0.1, -0.05) is 18.2 Å². The fourth-order valence-electron chi connectivity index (χ4n) is 4.88. The van der Waals surface area contributed by atoms with Crippen LogP contribution in [-0.4, -0.2) is 58.5 Å². The standard InChI is InChI=1S/C24H28N4O3/c1-31-21-15-22(29)28-13-12-26(16-18-14-17-6-2-3-7-19(17)25-18)11-8-20(28)23(21)24(30)27-9-4-5-10-27/h2-3,6-7,14-15,25H,4-5,8-13,16H2,1H3. The van der Waals surface area contributed by atoms with Crippen molar-refractivity contribution in [2.75, 3.05) is 33.3 Å². The van der Waals surface area contributed by atoms with Crippen molar-refractivity contribution < 1.29 is 9.53 Å². The normalized spacial score (nSPS) is 17.0. The van der Waals surface area contributed by atoms with Gasteiger partial charge in [-0.15, -0.1) is 0 Å². The number of aromatic amines is 1. The van der Waals surface area contributed by atoms with Crippen molar-refractivity contribution in [3.63, 3.8) is 0 Å². The fourth-order valence-corrected chi connectivity index (χ4v) is 4.88. The number of H-pyrrole nitrogens is 1. The summed E-state index contributed by atoms with van der Waals surface area (Å²) in [5.41, 5.74) is 3.56. The average Bonchev–Trinajstić information content (AvgIpc) is 3.40. The molecule has 1 amide bonds. The summed E-state index contributed by atoms with van der Waals surface area (Å²) in [6.07, 6.45) is 2.70. The number of nitrogens with one attached hydrogen (secondary N) is 1. The molecule has 1 aromatic carbocycles. The first-order valence-electron chi connectivity index (χ1n) is 11.0. The number of rotatable bonds is 4. The van der Waals surface area contributed by atoms with Crippen LogP contribution in [0.2, 0.25) is 0 Å². The van der Waals surface area contributed by atoms with E-state index in [0.717, 1.165) is 62.5 Å². The van der Waals surface area contributed by atoms with Gasteiger partial charge in [0.05, 0.1) is 7.11 Å². The van der Waals surface area contributed by atoms with Gasteiger partial charge in [-0.2, -0.15) is 0 Å². The van der Waals surface area contributed by atoms with E-state index in [1.807, 2.05) is 17.0 Å². The zero-order valence-corrected chi connectivity index (χ0v) is 17.9. The Morgan fingerprint density at radius 2 is 1.87 bits per heavy atom. The van der Waals surface area contributed by atoms with Crippen molar-refractivity contribution in [3.05, 3.63) is 63.7 Å². The molecule has 2 aliphatic rings. The summed E-state index contributed by atoms with van der Waals surface area (Å²) >= 11 is 0. The molecular formula is C24H28N4O3. The third-order valence-electron chi connectivity index (χ3n) is 6.49. The van der Waals surface area contributed by atoms with Crippen LogP contribution in [0.4, 0.5) is 0 Å². The number of amides is 1. The summed E-state index contributed by atoms with van der Waals surface area (Å²) < 4.78 is 7.27. The number of benzene rings is 1. The van der Waals surface area contributed by atoms with E-state index in [1.54, 1.807) is 4.57 Å². The Bertz CT molecular complexity index is 1140. The number of carbonyl (C=O) groups is 1. The lowest BCUT2D eigenvalue weighted by Gasteiger charge is -2.21. The summed E-state index contributed by atoms with van der Waals surface area (Å²) in [5.74, 6) is 0.388. The van der Waals surface area contributed by atoms with Gasteiger partial charge in [0.25, 0.3) is 11.5 Å². The van der Waals surface area contributed by atoms with E-state index in [9.17, 15) is 9.59 Å². The first-order valence-corrected chi connectivity index (χ1v) is 11.0. The number of methoxy groups -OCH3 is 1. The number of pyridine rings is 1. The molecular weight excluding hydrogens is 392 g/mol. The monoisotopic (exact) mass is 420 g/mol. The summed E-state index contributed by atoms with van der Waals surface area (Å²) in [4.78, 5) is 33.8. The molecule has 31 heavy (non-hydrogen) atoms. The molecule has 162 valence electrons. The first-order chi connectivity index (χ1) is 15.1. The Kier molecular flexibility index (Phi) is 5.28. The van der Waals surface area contributed by atoms with Crippen molar-refractivity contribution in [1.29, 1.82) is 0 Å². The van der Waals surface area contributed by atoms with Gasteiger partial charge < -0.3 is 19.2 Å². The number of ether oxygens (including phenoxy) is 1. The highest BCUT2D eigenvalue weighted by molar-refractivity contribution is 5.98. The summed E-state index contributed by atoms with van der Waals surface area (Å²) in [7, 11) is 1.53. The number of fused-ring (bicyclic) bond motifs is 2. The fraction of sp³-hybridized carbons (Fsp3) is 0.417. The molecule has 0 spiro atoms. The van der Waals surface area contributed by atoms with Gasteiger partial charge in [-0.25, -0.2) is 0 Å². The summed E-state index contributed by atoms with van der Waals surface area (Å²) in [5, 5.41) is 1.20. The molecule has 7 heteroatoms. The van der Waals surface area contributed by atoms with Crippen molar-refractivity contribution in [3.8, 4) is 5.75 Å². The van der Waals surface area contributed by atoms with Crippen LogP contribution < -0.4 is 10.3 Å². The van der Waals surface area contributed by atoms with Gasteiger partial charge in [0.1, 0.15) is 11.3 Å². The molecule has 7 nitrogen and oxygen atoms in total. The lowest BCUT2D eigenvalue weighted by atomic mass is 10.1. The van der Waals surface area contributed by atoms with E-state index in [0.29, 0.717) is 24.3 Å². The van der Waals surface area contributed by atoms with Gasteiger partial charge in [0.15, 0.2) is 0 Å². The number of para-hydroxylation sites is 1. The lowest BCUT2D eigenvalue weighted by Crippen LogP contribution is -2.33. The van der Waals surface area contributed by atoms with Crippen LogP contribution in [-0.2, 0) is 19.5 Å². The lowest BCUT2D eigenvalue weighted by molar-refractivity contribution is 0.0787. The average molecular weight is 421 g/mol. The Labute approximate surface area is 181 Å². The highest BCUT2D eigenvalue weighted by Crippen LogP contribution is 2.26. The minimum atomic E-state index is -0.0997. The van der Waals surface area contributed by atoms with Gasteiger partial charge in [-0.3, -0.25) is 14.5 Å². The second-order valence-electron chi connectivity index (χ2n) is 8.43. The van der Waals surface area contributed by atoms with E-state index in [1.165, 1.54) is 18.6 Å². The van der Waals surface area contributed by atoms with Crippen LogP contribution in [0.5, 0.6) is 5.75 Å². The minimum absolute atomic E-state index is 0.0119. The van der Waals surface area contributed by atoms with Crippen molar-refractivity contribution in [2.24, 2.45) is 0 Å². The summed E-state index contributed by atoms with van der Waals surface area (Å²) in [6, 6.07) is 11.9. The number of nitrogens with zero attached hydrogens (tertiary/aromatic N) is 3. The third kappa shape index (κ3) is 3.74. The van der Waals surface area contributed by atoms with Gasteiger partial charge in [0, 0.05) is 68.7 Å². The third-order valence-corrected chi connectivity index (χ3v) is 6.49. The second-order valence-corrected chi connectivity index (χ2v) is 8.43. The Morgan fingerprint density at radius 1 is 1.06 bits per heavy atom. The highest BCUT2D eigenvalue weighted by atomic mass is 16.5. The molecule has 5 rings (SSSR count). The smallest absolute Gasteiger partial charge is 0.259 e.